The number of thiophene rings is 1. The highest BCUT2D eigenvalue weighted by atomic mass is 32.2. The normalized spacial score (nSPS) is 20.3. The van der Waals surface area contributed by atoms with Crippen molar-refractivity contribution in [3.8, 4) is 5.75 Å². The number of carbonyl (C=O) groups is 1. The number of rotatable bonds is 2. The first-order valence-electron chi connectivity index (χ1n) is 7.28. The molecule has 0 bridgehead atoms. The standard InChI is InChI=1S/C17H16O2S2/c18-17(16-9-11-10-20-8-6-15(11)21-16)13-5-7-19-14-4-2-1-3-12(13)14/h1-4,9,13H,5-8,10H2. The predicted molar refractivity (Wildman–Crippen MR) is 87.8 cm³/mol. The molecule has 4 heteroatoms. The summed E-state index contributed by atoms with van der Waals surface area (Å²) in [5.74, 6) is 3.35. The topological polar surface area (TPSA) is 26.3 Å². The first kappa shape index (κ1) is 13.4. The molecule has 0 saturated carbocycles. The summed E-state index contributed by atoms with van der Waals surface area (Å²) < 4.78 is 5.67. The molecule has 0 aliphatic carbocycles. The maximum Gasteiger partial charge on any atom is 0.180 e. The molecular weight excluding hydrogens is 300 g/mol. The fraction of sp³-hybridized carbons (Fsp3) is 0.353. The molecule has 0 N–H and O–H groups in total. The zero-order valence-corrected chi connectivity index (χ0v) is 13.3. The molecule has 0 radical (unpaired) electrons. The fourth-order valence-corrected chi connectivity index (χ4v) is 5.42. The van der Waals surface area contributed by atoms with Gasteiger partial charge in [-0.15, -0.1) is 11.3 Å². The van der Waals surface area contributed by atoms with Gasteiger partial charge in [-0.25, -0.2) is 0 Å². The van der Waals surface area contributed by atoms with Crippen molar-refractivity contribution in [2.75, 3.05) is 12.4 Å². The van der Waals surface area contributed by atoms with Gasteiger partial charge in [0.1, 0.15) is 5.75 Å². The van der Waals surface area contributed by atoms with Crippen LogP contribution in [0.25, 0.3) is 0 Å². The molecule has 1 unspecified atom stereocenters. The Labute approximate surface area is 132 Å². The van der Waals surface area contributed by atoms with E-state index in [1.54, 1.807) is 11.3 Å². The van der Waals surface area contributed by atoms with Gasteiger partial charge in [0.05, 0.1) is 17.4 Å². The summed E-state index contributed by atoms with van der Waals surface area (Å²) in [5, 5.41) is 0. The molecule has 21 heavy (non-hydrogen) atoms. The van der Waals surface area contributed by atoms with Crippen LogP contribution in [-0.4, -0.2) is 18.1 Å². The van der Waals surface area contributed by atoms with Crippen LogP contribution >= 0.6 is 23.1 Å². The number of thioether (sulfide) groups is 1. The Balaban J connectivity index is 1.68. The van der Waals surface area contributed by atoms with Crippen molar-refractivity contribution in [1.29, 1.82) is 0 Å². The second-order valence-corrected chi connectivity index (χ2v) is 7.70. The summed E-state index contributed by atoms with van der Waals surface area (Å²) >= 11 is 3.67. The summed E-state index contributed by atoms with van der Waals surface area (Å²) in [5.41, 5.74) is 2.43. The van der Waals surface area contributed by atoms with Crippen molar-refractivity contribution >= 4 is 28.9 Å². The number of aryl methyl sites for hydroxylation is 1. The van der Waals surface area contributed by atoms with Crippen LogP contribution < -0.4 is 4.74 Å². The van der Waals surface area contributed by atoms with Crippen molar-refractivity contribution in [2.45, 2.75) is 24.5 Å². The number of ketones is 1. The molecule has 1 aromatic heterocycles. The summed E-state index contributed by atoms with van der Waals surface area (Å²) in [4.78, 5) is 15.3. The van der Waals surface area contributed by atoms with Gasteiger partial charge in [0.2, 0.25) is 0 Å². The minimum Gasteiger partial charge on any atom is -0.493 e. The highest BCUT2D eigenvalue weighted by molar-refractivity contribution is 7.98. The van der Waals surface area contributed by atoms with E-state index in [4.69, 9.17) is 4.74 Å². The number of fused-ring (bicyclic) bond motifs is 2. The van der Waals surface area contributed by atoms with E-state index in [0.717, 1.165) is 34.8 Å². The molecule has 1 aromatic carbocycles. The number of ether oxygens (including phenoxy) is 1. The van der Waals surface area contributed by atoms with Crippen molar-refractivity contribution in [2.24, 2.45) is 0 Å². The van der Waals surface area contributed by atoms with Crippen molar-refractivity contribution in [1.82, 2.24) is 0 Å². The Morgan fingerprint density at radius 2 is 2.19 bits per heavy atom. The fourth-order valence-electron chi connectivity index (χ4n) is 3.05. The first-order valence-corrected chi connectivity index (χ1v) is 9.25. The van der Waals surface area contributed by atoms with Crippen LogP contribution in [-0.2, 0) is 12.2 Å². The van der Waals surface area contributed by atoms with Crippen LogP contribution in [0, 0.1) is 0 Å². The molecule has 0 spiro atoms. The van der Waals surface area contributed by atoms with Crippen LogP contribution in [0.5, 0.6) is 5.75 Å². The van der Waals surface area contributed by atoms with Gasteiger partial charge in [-0.2, -0.15) is 11.8 Å². The van der Waals surface area contributed by atoms with Gasteiger partial charge in [0.15, 0.2) is 5.78 Å². The Bertz CT molecular complexity index is 666. The third kappa shape index (κ3) is 2.40. The second-order valence-electron chi connectivity index (χ2n) is 5.45. The molecule has 0 amide bonds. The van der Waals surface area contributed by atoms with E-state index in [9.17, 15) is 4.79 Å². The average molecular weight is 316 g/mol. The number of para-hydroxylation sites is 1. The Hall–Kier alpha value is -1.26. The molecule has 2 aromatic rings. The van der Waals surface area contributed by atoms with E-state index in [1.165, 1.54) is 16.2 Å². The number of benzene rings is 1. The van der Waals surface area contributed by atoms with Gasteiger partial charge in [-0.3, -0.25) is 4.79 Å². The van der Waals surface area contributed by atoms with Gasteiger partial charge in [0, 0.05) is 16.2 Å². The summed E-state index contributed by atoms with van der Waals surface area (Å²) in [7, 11) is 0. The molecule has 1 atom stereocenters. The Morgan fingerprint density at radius 3 is 3.10 bits per heavy atom. The molecule has 2 nitrogen and oxygen atoms in total. The van der Waals surface area contributed by atoms with Gasteiger partial charge in [-0.05, 0) is 36.3 Å². The van der Waals surface area contributed by atoms with E-state index in [2.05, 4.69) is 6.07 Å². The van der Waals surface area contributed by atoms with Gasteiger partial charge < -0.3 is 4.74 Å². The number of carbonyl (C=O) groups excluding carboxylic acids is 1. The smallest absolute Gasteiger partial charge is 0.180 e. The molecular formula is C17H16O2S2. The van der Waals surface area contributed by atoms with E-state index >= 15 is 0 Å². The lowest BCUT2D eigenvalue weighted by Crippen LogP contribution is -2.20. The van der Waals surface area contributed by atoms with Crippen LogP contribution in [0.4, 0.5) is 0 Å². The maximum atomic E-state index is 12.9. The Kier molecular flexibility index (Phi) is 3.51. The summed E-state index contributed by atoms with van der Waals surface area (Å²) in [6.07, 6.45) is 1.90. The Morgan fingerprint density at radius 1 is 1.29 bits per heavy atom. The first-order chi connectivity index (χ1) is 10.3. The van der Waals surface area contributed by atoms with E-state index in [1.807, 2.05) is 36.0 Å². The third-order valence-electron chi connectivity index (χ3n) is 4.15. The number of hydrogen-bond donors (Lipinski definition) is 0. The van der Waals surface area contributed by atoms with Crippen molar-refractivity contribution < 1.29 is 9.53 Å². The van der Waals surface area contributed by atoms with Crippen LogP contribution in [0.1, 0.15) is 38.0 Å². The molecule has 0 saturated heterocycles. The predicted octanol–water partition coefficient (Wildman–Crippen LogP) is 4.29. The molecule has 108 valence electrons. The van der Waals surface area contributed by atoms with Gasteiger partial charge in [-0.1, -0.05) is 18.2 Å². The van der Waals surface area contributed by atoms with Crippen LogP contribution in [0.3, 0.4) is 0 Å². The zero-order chi connectivity index (χ0) is 14.2. The molecule has 4 rings (SSSR count). The lowest BCUT2D eigenvalue weighted by atomic mass is 9.88. The minimum atomic E-state index is -0.0392. The largest absolute Gasteiger partial charge is 0.493 e. The zero-order valence-electron chi connectivity index (χ0n) is 11.6. The lowest BCUT2D eigenvalue weighted by molar-refractivity contribution is 0.0937. The molecule has 0 fully saturated rings. The van der Waals surface area contributed by atoms with E-state index in [0.29, 0.717) is 6.61 Å². The molecule has 2 aliphatic heterocycles. The SMILES string of the molecule is O=C(c1cc2c(s1)CCSC2)C1CCOc2ccccc21. The number of Topliss-reactive ketones (excluding diaryl/α,β-unsaturated/α-hetero) is 1. The van der Waals surface area contributed by atoms with Gasteiger partial charge in [0.25, 0.3) is 0 Å². The van der Waals surface area contributed by atoms with Crippen molar-refractivity contribution in [3.63, 3.8) is 0 Å². The van der Waals surface area contributed by atoms with E-state index in [-0.39, 0.29) is 11.7 Å². The molecule has 3 heterocycles. The quantitative estimate of drug-likeness (QED) is 0.773. The highest BCUT2D eigenvalue weighted by Gasteiger charge is 2.30. The number of hydrogen-bond acceptors (Lipinski definition) is 4. The monoisotopic (exact) mass is 316 g/mol. The highest BCUT2D eigenvalue weighted by Crippen LogP contribution is 2.39. The van der Waals surface area contributed by atoms with Gasteiger partial charge >= 0.3 is 0 Å². The summed E-state index contributed by atoms with van der Waals surface area (Å²) in [6, 6.07) is 10.1. The van der Waals surface area contributed by atoms with E-state index < -0.39 is 0 Å². The minimum absolute atomic E-state index is 0.0392. The lowest BCUT2D eigenvalue weighted by Gasteiger charge is -2.24. The van der Waals surface area contributed by atoms with Crippen molar-refractivity contribution in [3.05, 3.63) is 51.2 Å². The van der Waals surface area contributed by atoms with Crippen LogP contribution in [0.2, 0.25) is 0 Å². The molecule has 2 aliphatic rings. The third-order valence-corrected chi connectivity index (χ3v) is 6.41. The summed E-state index contributed by atoms with van der Waals surface area (Å²) in [6.45, 7) is 0.633. The van der Waals surface area contributed by atoms with Crippen LogP contribution in [0.15, 0.2) is 30.3 Å². The second kappa shape index (κ2) is 5.50. The average Bonchev–Trinajstić information content (AvgIpc) is 2.97. The maximum absolute atomic E-state index is 12.9.